The highest BCUT2D eigenvalue weighted by Crippen LogP contribution is 2.52. The molecule has 0 aliphatic carbocycles. The molecule has 0 radical (unpaired) electrons. The van der Waals surface area contributed by atoms with Gasteiger partial charge in [0.1, 0.15) is 0 Å². The Labute approximate surface area is 141 Å². The number of aliphatic hydroxyl groups is 1. The Balaban J connectivity index is 1.57. The van der Waals surface area contributed by atoms with Crippen molar-refractivity contribution in [3.8, 4) is 11.5 Å². The van der Waals surface area contributed by atoms with Crippen LogP contribution >= 0.6 is 0 Å². The zero-order valence-electron chi connectivity index (χ0n) is 13.9. The fraction of sp³-hybridized carbons (Fsp3) is 0.667. The number of rotatable bonds is 3. The van der Waals surface area contributed by atoms with Crippen LogP contribution in [0.2, 0.25) is 0 Å². The third-order valence-corrected chi connectivity index (χ3v) is 6.18. The van der Waals surface area contributed by atoms with E-state index in [0.29, 0.717) is 13.2 Å². The van der Waals surface area contributed by atoms with Gasteiger partial charge in [0.05, 0.1) is 19.8 Å². The van der Waals surface area contributed by atoms with Gasteiger partial charge in [-0.05, 0) is 43.1 Å². The van der Waals surface area contributed by atoms with Crippen molar-refractivity contribution in [3.63, 3.8) is 0 Å². The van der Waals surface area contributed by atoms with Crippen LogP contribution in [0.15, 0.2) is 12.1 Å². The summed E-state index contributed by atoms with van der Waals surface area (Å²) in [5, 5.41) is 10.4. The monoisotopic (exact) mass is 333 g/mol. The van der Waals surface area contributed by atoms with Gasteiger partial charge in [0.15, 0.2) is 17.3 Å². The van der Waals surface area contributed by atoms with Crippen molar-refractivity contribution in [1.29, 1.82) is 0 Å². The highest BCUT2D eigenvalue weighted by molar-refractivity contribution is 5.53. The van der Waals surface area contributed by atoms with Crippen molar-refractivity contribution < 1.29 is 24.1 Å². The number of aliphatic hydroxyl groups excluding tert-OH is 1. The van der Waals surface area contributed by atoms with Crippen LogP contribution in [0.3, 0.4) is 0 Å². The van der Waals surface area contributed by atoms with E-state index in [4.69, 9.17) is 18.9 Å². The van der Waals surface area contributed by atoms with Crippen molar-refractivity contribution in [2.24, 2.45) is 0 Å². The van der Waals surface area contributed by atoms with E-state index >= 15 is 0 Å². The zero-order chi connectivity index (χ0) is 16.4. The lowest BCUT2D eigenvalue weighted by Crippen LogP contribution is -2.52. The predicted octanol–water partition coefficient (Wildman–Crippen LogP) is 1.39. The highest BCUT2D eigenvalue weighted by Gasteiger charge is 2.55. The molecule has 5 rings (SSSR count). The Morgan fingerprint density at radius 2 is 1.96 bits per heavy atom. The lowest BCUT2D eigenvalue weighted by atomic mass is 9.69. The molecule has 6 heteroatoms. The molecule has 24 heavy (non-hydrogen) atoms. The molecule has 0 amide bonds. The molecule has 1 aromatic carbocycles. The van der Waals surface area contributed by atoms with Crippen LogP contribution in [0.5, 0.6) is 11.5 Å². The van der Waals surface area contributed by atoms with Gasteiger partial charge in [-0.1, -0.05) is 0 Å². The van der Waals surface area contributed by atoms with Gasteiger partial charge in [-0.2, -0.15) is 0 Å². The zero-order valence-corrected chi connectivity index (χ0v) is 13.9. The summed E-state index contributed by atoms with van der Waals surface area (Å²) in [6.45, 7) is 5.54. The van der Waals surface area contributed by atoms with Crippen LogP contribution in [0.1, 0.15) is 30.9 Å². The maximum absolute atomic E-state index is 10.4. The van der Waals surface area contributed by atoms with E-state index in [2.05, 4.69) is 17.0 Å². The normalized spacial score (nSPS) is 35.2. The number of fused-ring (bicyclic) bond motifs is 5. The van der Waals surface area contributed by atoms with Crippen LogP contribution in [0.25, 0.3) is 0 Å². The predicted molar refractivity (Wildman–Crippen MR) is 85.1 cm³/mol. The van der Waals surface area contributed by atoms with E-state index < -0.39 is 5.79 Å². The van der Waals surface area contributed by atoms with Crippen LogP contribution in [-0.2, 0) is 21.4 Å². The summed E-state index contributed by atoms with van der Waals surface area (Å²) >= 11 is 0. The van der Waals surface area contributed by atoms with E-state index in [9.17, 15) is 5.11 Å². The quantitative estimate of drug-likeness (QED) is 0.902. The summed E-state index contributed by atoms with van der Waals surface area (Å²) in [5.74, 6) is 1.05. The first-order chi connectivity index (χ1) is 11.6. The highest BCUT2D eigenvalue weighted by atomic mass is 16.7. The van der Waals surface area contributed by atoms with Crippen LogP contribution in [0, 0.1) is 0 Å². The topological polar surface area (TPSA) is 60.4 Å². The van der Waals surface area contributed by atoms with Crippen LogP contribution in [0.4, 0.5) is 0 Å². The first-order valence-corrected chi connectivity index (χ1v) is 8.69. The molecule has 1 unspecified atom stereocenters. The average Bonchev–Trinajstić information content (AvgIpc) is 3.26. The Bertz CT molecular complexity index is 672. The Hall–Kier alpha value is -1.34. The van der Waals surface area contributed by atoms with Gasteiger partial charge in [0.25, 0.3) is 0 Å². The van der Waals surface area contributed by atoms with Gasteiger partial charge in [-0.15, -0.1) is 0 Å². The molecular formula is C18H23NO5. The fourth-order valence-electron chi connectivity index (χ4n) is 4.94. The molecule has 1 aromatic rings. The molecule has 130 valence electrons. The Morgan fingerprint density at radius 3 is 2.71 bits per heavy atom. The van der Waals surface area contributed by atoms with Gasteiger partial charge in [-0.25, -0.2) is 0 Å². The van der Waals surface area contributed by atoms with Gasteiger partial charge < -0.3 is 24.1 Å². The number of hydrogen-bond acceptors (Lipinski definition) is 6. The molecular weight excluding hydrogens is 310 g/mol. The molecule has 2 saturated heterocycles. The summed E-state index contributed by atoms with van der Waals surface area (Å²) in [4.78, 5) is 2.46. The molecule has 1 N–H and O–H groups in total. The molecule has 4 aliphatic rings. The maximum atomic E-state index is 10.4. The molecule has 6 nitrogen and oxygen atoms in total. The number of ether oxygens (including phenoxy) is 4. The second kappa shape index (κ2) is 5.08. The summed E-state index contributed by atoms with van der Waals surface area (Å²) in [6.07, 6.45) is 1.71. The number of nitrogens with zero attached hydrogens (tertiary/aromatic N) is 1. The van der Waals surface area contributed by atoms with Crippen molar-refractivity contribution in [2.45, 2.75) is 43.6 Å². The van der Waals surface area contributed by atoms with Crippen molar-refractivity contribution >= 4 is 0 Å². The number of benzene rings is 1. The minimum absolute atomic E-state index is 0.122. The van der Waals surface area contributed by atoms with E-state index in [1.165, 1.54) is 11.1 Å². The van der Waals surface area contributed by atoms with Crippen molar-refractivity contribution in [2.75, 3.05) is 33.2 Å². The van der Waals surface area contributed by atoms with Crippen LogP contribution in [-0.4, -0.2) is 55.0 Å². The molecule has 3 atom stereocenters. The standard InChI is InChI=1S/C18H23NO5/c1-17(23-4-5-24-17)8-16-18(10-20)2-3-19(16)9-12-6-14-15(7-13(12)18)22-11-21-14/h6-7,16,20H,2-5,8-11H2,1H3/t16-,18+/m0/s1. The van der Waals surface area contributed by atoms with E-state index in [1.807, 2.05) is 6.92 Å². The molecule has 4 aliphatic heterocycles. The Kier molecular flexibility index (Phi) is 3.17. The minimum Gasteiger partial charge on any atom is -0.454 e. The Morgan fingerprint density at radius 1 is 1.21 bits per heavy atom. The first kappa shape index (κ1) is 15.0. The molecule has 2 fully saturated rings. The van der Waals surface area contributed by atoms with E-state index in [1.54, 1.807) is 0 Å². The summed E-state index contributed by atoms with van der Waals surface area (Å²) < 4.78 is 22.8. The smallest absolute Gasteiger partial charge is 0.231 e. The third-order valence-electron chi connectivity index (χ3n) is 6.18. The molecule has 2 bridgehead atoms. The lowest BCUT2D eigenvalue weighted by molar-refractivity contribution is -0.161. The van der Waals surface area contributed by atoms with Gasteiger partial charge in [0.2, 0.25) is 6.79 Å². The molecule has 4 heterocycles. The third kappa shape index (κ3) is 1.97. The van der Waals surface area contributed by atoms with E-state index in [0.717, 1.165) is 37.4 Å². The molecule has 0 saturated carbocycles. The largest absolute Gasteiger partial charge is 0.454 e. The lowest BCUT2D eigenvalue weighted by Gasteiger charge is -2.45. The SMILES string of the molecule is CC1(C[C@@H]2N3CC[C@@]2(CO)c2cc4c(cc2C3)OCO4)OCCO1. The van der Waals surface area contributed by atoms with E-state index in [-0.39, 0.29) is 24.9 Å². The number of hydrogen-bond donors (Lipinski definition) is 1. The second-order valence-electron chi connectivity index (χ2n) is 7.45. The van der Waals surface area contributed by atoms with Crippen LogP contribution < -0.4 is 9.47 Å². The van der Waals surface area contributed by atoms with Crippen molar-refractivity contribution in [1.82, 2.24) is 4.90 Å². The summed E-state index contributed by atoms with van der Waals surface area (Å²) in [7, 11) is 0. The summed E-state index contributed by atoms with van der Waals surface area (Å²) in [6, 6.07) is 4.38. The summed E-state index contributed by atoms with van der Waals surface area (Å²) in [5.41, 5.74) is 2.16. The molecule has 0 spiro atoms. The maximum Gasteiger partial charge on any atom is 0.231 e. The molecule has 0 aromatic heterocycles. The second-order valence-corrected chi connectivity index (χ2v) is 7.45. The average molecular weight is 333 g/mol. The first-order valence-electron chi connectivity index (χ1n) is 8.69. The fourth-order valence-corrected chi connectivity index (χ4v) is 4.94. The van der Waals surface area contributed by atoms with Crippen molar-refractivity contribution in [3.05, 3.63) is 23.3 Å². The van der Waals surface area contributed by atoms with Gasteiger partial charge in [0, 0.05) is 24.4 Å². The van der Waals surface area contributed by atoms with Gasteiger partial charge >= 0.3 is 0 Å². The van der Waals surface area contributed by atoms with Gasteiger partial charge in [-0.3, -0.25) is 4.90 Å². The minimum atomic E-state index is -0.554.